The summed E-state index contributed by atoms with van der Waals surface area (Å²) in [7, 11) is 3.23. The van der Waals surface area contributed by atoms with E-state index < -0.39 is 6.04 Å². The van der Waals surface area contributed by atoms with Crippen LogP contribution >= 0.6 is 0 Å². The van der Waals surface area contributed by atoms with Crippen LogP contribution in [0.1, 0.15) is 39.0 Å². The minimum absolute atomic E-state index is 0.134. The first-order valence-corrected chi connectivity index (χ1v) is 10.3. The number of hydrogen-bond acceptors (Lipinski definition) is 5. The molecule has 32 heavy (non-hydrogen) atoms. The summed E-state index contributed by atoms with van der Waals surface area (Å²) in [5, 5.41) is 7.50. The smallest absolute Gasteiger partial charge is 0.273 e. The molecule has 0 bridgehead atoms. The molecule has 0 saturated carbocycles. The fourth-order valence-corrected chi connectivity index (χ4v) is 4.23. The lowest BCUT2D eigenvalue weighted by molar-refractivity contribution is 0.0715. The number of methoxy groups -OCH3 is 2. The summed E-state index contributed by atoms with van der Waals surface area (Å²) in [4.78, 5) is 15.3. The van der Waals surface area contributed by atoms with Gasteiger partial charge in [0.1, 0.15) is 23.0 Å². The van der Waals surface area contributed by atoms with E-state index in [0.717, 1.165) is 27.9 Å². The SMILES string of the molecule is COc1ccc(C2c3c(-c4ccc(C)cc4)n[nH]c3C(=O)N2Cc2ccco2)c(OC)c1. The molecular weight excluding hydrogens is 406 g/mol. The number of aryl methyl sites for hydroxylation is 1. The van der Waals surface area contributed by atoms with Gasteiger partial charge in [-0.3, -0.25) is 9.89 Å². The van der Waals surface area contributed by atoms with Crippen molar-refractivity contribution >= 4 is 5.91 Å². The molecule has 1 N–H and O–H groups in total. The van der Waals surface area contributed by atoms with Gasteiger partial charge < -0.3 is 18.8 Å². The Morgan fingerprint density at radius 1 is 1.09 bits per heavy atom. The number of rotatable bonds is 6. The molecule has 7 heteroatoms. The number of H-pyrrole nitrogens is 1. The van der Waals surface area contributed by atoms with Gasteiger partial charge in [0, 0.05) is 22.8 Å². The molecule has 0 saturated heterocycles. The minimum atomic E-state index is -0.404. The van der Waals surface area contributed by atoms with Crippen molar-refractivity contribution in [2.75, 3.05) is 14.2 Å². The Balaban J connectivity index is 1.69. The van der Waals surface area contributed by atoms with Crippen LogP contribution in [0.5, 0.6) is 11.5 Å². The minimum Gasteiger partial charge on any atom is -0.497 e. The number of amides is 1. The number of aromatic nitrogens is 2. The van der Waals surface area contributed by atoms with Crippen LogP contribution < -0.4 is 9.47 Å². The Labute approximate surface area is 185 Å². The third-order valence-corrected chi connectivity index (χ3v) is 5.83. The number of furan rings is 1. The van der Waals surface area contributed by atoms with Gasteiger partial charge in [0.2, 0.25) is 0 Å². The molecule has 0 fully saturated rings. The summed E-state index contributed by atoms with van der Waals surface area (Å²) < 4.78 is 16.6. The molecule has 5 rings (SSSR count). The molecule has 2 aromatic carbocycles. The van der Waals surface area contributed by atoms with Crippen LogP contribution in [0, 0.1) is 6.92 Å². The van der Waals surface area contributed by atoms with E-state index in [4.69, 9.17) is 13.9 Å². The van der Waals surface area contributed by atoms with E-state index in [0.29, 0.717) is 29.5 Å². The molecule has 162 valence electrons. The maximum atomic E-state index is 13.5. The van der Waals surface area contributed by atoms with E-state index >= 15 is 0 Å². The van der Waals surface area contributed by atoms with E-state index in [1.165, 1.54) is 0 Å². The Morgan fingerprint density at radius 3 is 2.59 bits per heavy atom. The largest absolute Gasteiger partial charge is 0.497 e. The lowest BCUT2D eigenvalue weighted by Gasteiger charge is -2.27. The highest BCUT2D eigenvalue weighted by Crippen LogP contribution is 2.46. The van der Waals surface area contributed by atoms with Crippen molar-refractivity contribution in [1.29, 1.82) is 0 Å². The van der Waals surface area contributed by atoms with Crippen molar-refractivity contribution in [1.82, 2.24) is 15.1 Å². The van der Waals surface area contributed by atoms with Crippen LogP contribution in [-0.2, 0) is 6.54 Å². The van der Waals surface area contributed by atoms with E-state index in [1.54, 1.807) is 25.4 Å². The Kier molecular flexibility index (Phi) is 4.93. The summed E-state index contributed by atoms with van der Waals surface area (Å²) in [6.45, 7) is 2.36. The molecule has 7 nitrogen and oxygen atoms in total. The molecule has 0 radical (unpaired) electrons. The maximum absolute atomic E-state index is 13.5. The lowest BCUT2D eigenvalue weighted by Crippen LogP contribution is -2.29. The number of benzene rings is 2. The highest BCUT2D eigenvalue weighted by atomic mass is 16.5. The predicted octanol–water partition coefficient (Wildman–Crippen LogP) is 4.74. The molecular formula is C25H23N3O4. The standard InChI is InChI=1S/C25H23N3O4/c1-15-6-8-16(9-7-15)22-21-23(27-26-22)25(29)28(14-18-5-4-12-32-18)24(21)19-11-10-17(30-2)13-20(19)31-3/h4-13,24H,14H2,1-3H3,(H,26,27). The van der Waals surface area contributed by atoms with Gasteiger partial charge in [-0.25, -0.2) is 0 Å². The zero-order chi connectivity index (χ0) is 22.2. The summed E-state index contributed by atoms with van der Waals surface area (Å²) in [5.74, 6) is 1.88. The molecule has 1 atom stereocenters. The van der Waals surface area contributed by atoms with Crippen LogP contribution in [0.25, 0.3) is 11.3 Å². The van der Waals surface area contributed by atoms with Crippen LogP contribution in [0.15, 0.2) is 65.3 Å². The number of carbonyl (C=O) groups is 1. The van der Waals surface area contributed by atoms with Crippen molar-refractivity contribution in [3.05, 3.63) is 89.0 Å². The second-order valence-electron chi connectivity index (χ2n) is 7.75. The van der Waals surface area contributed by atoms with E-state index in [2.05, 4.69) is 10.2 Å². The topological polar surface area (TPSA) is 80.6 Å². The van der Waals surface area contributed by atoms with Crippen molar-refractivity contribution in [2.45, 2.75) is 19.5 Å². The van der Waals surface area contributed by atoms with Crippen LogP contribution in [0.4, 0.5) is 0 Å². The number of nitrogens with zero attached hydrogens (tertiary/aromatic N) is 2. The Morgan fingerprint density at radius 2 is 1.91 bits per heavy atom. The number of fused-ring (bicyclic) bond motifs is 1. The van der Waals surface area contributed by atoms with Crippen molar-refractivity contribution < 1.29 is 18.7 Å². The monoisotopic (exact) mass is 429 g/mol. The molecule has 1 unspecified atom stereocenters. The highest BCUT2D eigenvalue weighted by molar-refractivity contribution is 6.00. The number of ether oxygens (including phenoxy) is 2. The first-order chi connectivity index (χ1) is 15.6. The van der Waals surface area contributed by atoms with Gasteiger partial charge in [0.15, 0.2) is 0 Å². The van der Waals surface area contributed by atoms with Gasteiger partial charge in [-0.15, -0.1) is 0 Å². The number of aromatic amines is 1. The summed E-state index contributed by atoms with van der Waals surface area (Å²) in [6, 6.07) is 17.0. The maximum Gasteiger partial charge on any atom is 0.273 e. The fraction of sp³-hybridized carbons (Fsp3) is 0.200. The van der Waals surface area contributed by atoms with E-state index in [-0.39, 0.29) is 5.91 Å². The third kappa shape index (κ3) is 3.22. The zero-order valence-electron chi connectivity index (χ0n) is 18.1. The van der Waals surface area contributed by atoms with E-state index in [1.807, 2.05) is 61.5 Å². The van der Waals surface area contributed by atoms with Crippen LogP contribution in [0.3, 0.4) is 0 Å². The van der Waals surface area contributed by atoms with Crippen molar-refractivity contribution in [3.8, 4) is 22.8 Å². The molecule has 0 aliphatic carbocycles. The first kappa shape index (κ1) is 19.9. The molecule has 1 amide bonds. The highest BCUT2D eigenvalue weighted by Gasteiger charge is 2.43. The number of hydrogen-bond donors (Lipinski definition) is 1. The molecule has 1 aliphatic rings. The second kappa shape index (κ2) is 7.92. The Bertz CT molecular complexity index is 1260. The van der Waals surface area contributed by atoms with Gasteiger partial charge in [0.05, 0.1) is 38.8 Å². The van der Waals surface area contributed by atoms with Crippen LogP contribution in [0.2, 0.25) is 0 Å². The normalized spacial score (nSPS) is 15.2. The zero-order valence-corrected chi connectivity index (χ0v) is 18.1. The molecule has 0 spiro atoms. The average Bonchev–Trinajstić information content (AvgIpc) is 3.54. The summed E-state index contributed by atoms with van der Waals surface area (Å²) in [6.07, 6.45) is 1.61. The molecule has 2 aromatic heterocycles. The van der Waals surface area contributed by atoms with Gasteiger partial charge >= 0.3 is 0 Å². The lowest BCUT2D eigenvalue weighted by atomic mass is 9.95. The van der Waals surface area contributed by atoms with Crippen molar-refractivity contribution in [2.24, 2.45) is 0 Å². The molecule has 4 aromatic rings. The second-order valence-corrected chi connectivity index (χ2v) is 7.75. The number of carbonyl (C=O) groups excluding carboxylic acids is 1. The third-order valence-electron chi connectivity index (χ3n) is 5.83. The quantitative estimate of drug-likeness (QED) is 0.479. The average molecular weight is 429 g/mol. The summed E-state index contributed by atoms with van der Waals surface area (Å²) >= 11 is 0. The Hall–Kier alpha value is -4.00. The molecule has 1 aliphatic heterocycles. The van der Waals surface area contributed by atoms with Gasteiger partial charge in [-0.05, 0) is 31.2 Å². The van der Waals surface area contributed by atoms with Gasteiger partial charge in [-0.2, -0.15) is 5.10 Å². The van der Waals surface area contributed by atoms with Crippen LogP contribution in [-0.4, -0.2) is 35.2 Å². The van der Waals surface area contributed by atoms with Gasteiger partial charge in [0.25, 0.3) is 5.91 Å². The summed E-state index contributed by atoms with van der Waals surface area (Å²) in [5.41, 5.74) is 5.01. The van der Waals surface area contributed by atoms with Crippen molar-refractivity contribution in [3.63, 3.8) is 0 Å². The molecule has 3 heterocycles. The fourth-order valence-electron chi connectivity index (χ4n) is 4.23. The first-order valence-electron chi connectivity index (χ1n) is 10.3. The number of nitrogens with one attached hydrogen (secondary N) is 1. The van der Waals surface area contributed by atoms with Gasteiger partial charge in [-0.1, -0.05) is 29.8 Å². The predicted molar refractivity (Wildman–Crippen MR) is 119 cm³/mol. The van der Waals surface area contributed by atoms with E-state index in [9.17, 15) is 4.79 Å².